The summed E-state index contributed by atoms with van der Waals surface area (Å²) in [5.41, 5.74) is 0.737. The number of rotatable bonds is 5. The first kappa shape index (κ1) is 18.4. The number of benzene rings is 1. The molecule has 2 heterocycles. The third-order valence-corrected chi connectivity index (χ3v) is 9.02. The number of amides is 1. The van der Waals surface area contributed by atoms with Crippen LogP contribution in [0.3, 0.4) is 0 Å². The quantitative estimate of drug-likeness (QED) is 0.818. The fourth-order valence-electron chi connectivity index (χ4n) is 4.70. The molecule has 5 rings (SSSR count). The predicted octanol–water partition coefficient (Wildman–Crippen LogP) is 2.55. The summed E-state index contributed by atoms with van der Waals surface area (Å²) in [4.78, 5) is 12.5. The Kier molecular flexibility index (Phi) is 4.43. The van der Waals surface area contributed by atoms with Crippen LogP contribution in [0.5, 0.6) is 5.75 Å². The number of ether oxygens (including phenoxy) is 1. The van der Waals surface area contributed by atoms with Crippen molar-refractivity contribution in [3.8, 4) is 5.75 Å². The summed E-state index contributed by atoms with van der Waals surface area (Å²) < 4.78 is 33.2. The van der Waals surface area contributed by atoms with Crippen LogP contribution in [0.1, 0.15) is 62.8 Å². The van der Waals surface area contributed by atoms with E-state index in [1.165, 1.54) is 0 Å². The van der Waals surface area contributed by atoms with E-state index in [-0.39, 0.29) is 22.7 Å². The first-order valence-corrected chi connectivity index (χ1v) is 12.0. The molecule has 6 nitrogen and oxygen atoms in total. The lowest BCUT2D eigenvalue weighted by atomic mass is 9.76. The van der Waals surface area contributed by atoms with Crippen LogP contribution < -0.4 is 10.1 Å². The molecule has 28 heavy (non-hydrogen) atoms. The van der Waals surface area contributed by atoms with Gasteiger partial charge < -0.3 is 10.1 Å². The number of fused-ring (bicyclic) bond motifs is 1. The van der Waals surface area contributed by atoms with Gasteiger partial charge >= 0.3 is 0 Å². The van der Waals surface area contributed by atoms with Crippen LogP contribution in [0.15, 0.2) is 24.3 Å². The molecule has 0 bridgehead atoms. The van der Waals surface area contributed by atoms with Crippen LogP contribution >= 0.6 is 0 Å². The van der Waals surface area contributed by atoms with Crippen LogP contribution in [0.25, 0.3) is 0 Å². The SMILES string of the molecule is O=C(C[C@H]1CC2(CCN(S(=O)(=O)C3CC3)CC2)Oc2ccccc21)NC1CC1. The van der Waals surface area contributed by atoms with Crippen molar-refractivity contribution in [1.29, 1.82) is 0 Å². The van der Waals surface area contributed by atoms with Gasteiger partial charge in [-0.1, -0.05) is 18.2 Å². The zero-order valence-electron chi connectivity index (χ0n) is 16.1. The average Bonchev–Trinajstić information content (AvgIpc) is 3.55. The van der Waals surface area contributed by atoms with E-state index in [1.807, 2.05) is 18.2 Å². The molecule has 1 saturated heterocycles. The molecule has 1 aromatic rings. The van der Waals surface area contributed by atoms with E-state index in [0.717, 1.165) is 43.4 Å². The fourth-order valence-corrected chi connectivity index (χ4v) is 6.54. The predicted molar refractivity (Wildman–Crippen MR) is 106 cm³/mol. The summed E-state index contributed by atoms with van der Waals surface area (Å²) in [5, 5.41) is 2.94. The highest BCUT2D eigenvalue weighted by atomic mass is 32.2. The minimum Gasteiger partial charge on any atom is -0.487 e. The first-order valence-electron chi connectivity index (χ1n) is 10.5. The summed E-state index contributed by atoms with van der Waals surface area (Å²) in [5.74, 6) is 1.10. The highest BCUT2D eigenvalue weighted by Crippen LogP contribution is 2.47. The smallest absolute Gasteiger partial charge is 0.220 e. The molecular formula is C21H28N2O4S. The van der Waals surface area contributed by atoms with E-state index >= 15 is 0 Å². The number of carbonyl (C=O) groups excluding carboxylic acids is 1. The topological polar surface area (TPSA) is 75.7 Å². The summed E-state index contributed by atoms with van der Waals surface area (Å²) in [6.45, 7) is 1.03. The van der Waals surface area contributed by atoms with E-state index in [0.29, 0.717) is 38.4 Å². The second-order valence-corrected chi connectivity index (χ2v) is 11.1. The Bertz CT molecular complexity index is 868. The second kappa shape index (κ2) is 6.73. The van der Waals surface area contributed by atoms with Crippen molar-refractivity contribution >= 4 is 15.9 Å². The maximum atomic E-state index is 12.6. The first-order chi connectivity index (χ1) is 13.5. The Morgan fingerprint density at radius 2 is 1.86 bits per heavy atom. The molecule has 2 saturated carbocycles. The van der Waals surface area contributed by atoms with Crippen molar-refractivity contribution < 1.29 is 17.9 Å². The molecule has 0 unspecified atom stereocenters. The van der Waals surface area contributed by atoms with Gasteiger partial charge in [-0.2, -0.15) is 0 Å². The number of sulfonamides is 1. The Balaban J connectivity index is 1.32. The van der Waals surface area contributed by atoms with E-state index in [2.05, 4.69) is 11.4 Å². The minimum absolute atomic E-state index is 0.119. The van der Waals surface area contributed by atoms with E-state index in [9.17, 15) is 13.2 Å². The standard InChI is InChI=1S/C21H28N2O4S/c24-20(22-16-5-6-16)13-15-14-21(27-19-4-2-1-3-18(15)19)9-11-23(12-10-21)28(25,26)17-7-8-17/h1-4,15-17H,5-14H2,(H,22,24)/t15-/m0/s1. The molecule has 3 fully saturated rings. The average molecular weight is 405 g/mol. The Labute approximate surface area is 166 Å². The van der Waals surface area contributed by atoms with E-state index in [1.54, 1.807) is 4.31 Å². The van der Waals surface area contributed by atoms with Crippen molar-refractivity contribution in [2.24, 2.45) is 0 Å². The minimum atomic E-state index is -3.13. The molecule has 1 N–H and O–H groups in total. The highest BCUT2D eigenvalue weighted by Gasteiger charge is 2.48. The number of hydrogen-bond acceptors (Lipinski definition) is 4. The van der Waals surface area contributed by atoms with Crippen molar-refractivity contribution in [3.05, 3.63) is 29.8 Å². The van der Waals surface area contributed by atoms with E-state index < -0.39 is 10.0 Å². The lowest BCUT2D eigenvalue weighted by molar-refractivity contribution is -0.122. The third-order valence-electron chi connectivity index (χ3n) is 6.62. The molecule has 0 radical (unpaired) electrons. The van der Waals surface area contributed by atoms with Crippen molar-refractivity contribution in [3.63, 3.8) is 0 Å². The van der Waals surface area contributed by atoms with Gasteiger partial charge in [0, 0.05) is 44.3 Å². The Morgan fingerprint density at radius 1 is 1.14 bits per heavy atom. The van der Waals surface area contributed by atoms with Crippen LogP contribution in [0.4, 0.5) is 0 Å². The van der Waals surface area contributed by atoms with Crippen molar-refractivity contribution in [2.75, 3.05) is 13.1 Å². The summed E-state index contributed by atoms with van der Waals surface area (Å²) >= 11 is 0. The fraction of sp³-hybridized carbons (Fsp3) is 0.667. The molecule has 1 atom stereocenters. The summed E-state index contributed by atoms with van der Waals surface area (Å²) in [7, 11) is -3.13. The van der Waals surface area contributed by atoms with Crippen LogP contribution in [0.2, 0.25) is 0 Å². The molecule has 2 aliphatic heterocycles. The molecule has 7 heteroatoms. The second-order valence-electron chi connectivity index (χ2n) is 8.91. The summed E-state index contributed by atoms with van der Waals surface area (Å²) in [6, 6.07) is 8.37. The van der Waals surface area contributed by atoms with Gasteiger partial charge in [0.15, 0.2) is 0 Å². The van der Waals surface area contributed by atoms with Gasteiger partial charge in [-0.25, -0.2) is 12.7 Å². The molecule has 1 spiro atoms. The zero-order valence-corrected chi connectivity index (χ0v) is 16.9. The van der Waals surface area contributed by atoms with Crippen molar-refractivity contribution in [2.45, 2.75) is 74.2 Å². The van der Waals surface area contributed by atoms with Crippen LogP contribution in [-0.4, -0.2) is 48.6 Å². The van der Waals surface area contributed by atoms with Gasteiger partial charge in [-0.3, -0.25) is 4.79 Å². The maximum Gasteiger partial charge on any atom is 0.220 e. The Morgan fingerprint density at radius 3 is 2.54 bits per heavy atom. The molecule has 1 aromatic carbocycles. The van der Waals surface area contributed by atoms with Gasteiger partial charge in [0.2, 0.25) is 15.9 Å². The van der Waals surface area contributed by atoms with Gasteiger partial charge in [-0.15, -0.1) is 0 Å². The molecule has 0 aromatic heterocycles. The lowest BCUT2D eigenvalue weighted by Gasteiger charge is -2.46. The highest BCUT2D eigenvalue weighted by molar-refractivity contribution is 7.90. The third kappa shape index (κ3) is 3.54. The normalized spacial score (nSPS) is 27.1. The van der Waals surface area contributed by atoms with Crippen LogP contribution in [-0.2, 0) is 14.8 Å². The Hall–Kier alpha value is -1.60. The van der Waals surface area contributed by atoms with E-state index in [4.69, 9.17) is 4.74 Å². The van der Waals surface area contributed by atoms with Gasteiger partial charge in [-0.05, 0) is 43.7 Å². The van der Waals surface area contributed by atoms with Crippen LogP contribution in [0, 0.1) is 0 Å². The monoisotopic (exact) mass is 404 g/mol. The molecule has 2 aliphatic carbocycles. The number of nitrogens with zero attached hydrogens (tertiary/aromatic N) is 1. The maximum absolute atomic E-state index is 12.6. The summed E-state index contributed by atoms with van der Waals surface area (Å²) in [6.07, 6.45) is 6.40. The number of para-hydroxylation sites is 1. The number of nitrogens with one attached hydrogen (secondary N) is 1. The van der Waals surface area contributed by atoms with Crippen molar-refractivity contribution in [1.82, 2.24) is 9.62 Å². The molecule has 1 amide bonds. The largest absolute Gasteiger partial charge is 0.487 e. The molecule has 4 aliphatic rings. The lowest BCUT2D eigenvalue weighted by Crippen LogP contribution is -2.52. The van der Waals surface area contributed by atoms with Gasteiger partial charge in [0.05, 0.1) is 5.25 Å². The van der Waals surface area contributed by atoms with Gasteiger partial charge in [0.1, 0.15) is 11.4 Å². The number of carbonyl (C=O) groups is 1. The molecule has 152 valence electrons. The molecular weight excluding hydrogens is 376 g/mol. The van der Waals surface area contributed by atoms with Gasteiger partial charge in [0.25, 0.3) is 0 Å². The number of hydrogen-bond donors (Lipinski definition) is 1. The number of piperidine rings is 1. The zero-order chi connectivity index (χ0) is 19.4.